The predicted octanol–water partition coefficient (Wildman–Crippen LogP) is 3.39. The third kappa shape index (κ3) is 2.90. The van der Waals surface area contributed by atoms with Gasteiger partial charge in [-0.2, -0.15) is 5.10 Å². The van der Waals surface area contributed by atoms with Gasteiger partial charge in [0.2, 0.25) is 0 Å². The number of hydrogen-bond donors (Lipinski definition) is 0. The summed E-state index contributed by atoms with van der Waals surface area (Å²) in [4.78, 5) is 11.7. The highest BCUT2D eigenvalue weighted by molar-refractivity contribution is 5.88. The summed E-state index contributed by atoms with van der Waals surface area (Å²) in [5.41, 5.74) is 3.59. The number of aryl methyl sites for hydroxylation is 1. The summed E-state index contributed by atoms with van der Waals surface area (Å²) in [5.74, 6) is 0.124. The monoisotopic (exact) mass is 272 g/mol. The summed E-state index contributed by atoms with van der Waals surface area (Å²) in [7, 11) is 1.83. The minimum absolute atomic E-state index is 0.345. The van der Waals surface area contributed by atoms with Crippen molar-refractivity contribution < 1.29 is 9.53 Å². The van der Waals surface area contributed by atoms with E-state index in [1.165, 1.54) is 5.56 Å². The van der Waals surface area contributed by atoms with Gasteiger partial charge in [0.1, 0.15) is 0 Å². The molecule has 20 heavy (non-hydrogen) atoms. The topological polar surface area (TPSA) is 44.1 Å². The van der Waals surface area contributed by atoms with Crippen LogP contribution in [0.15, 0.2) is 30.3 Å². The van der Waals surface area contributed by atoms with Gasteiger partial charge in [0.15, 0.2) is 5.69 Å². The number of rotatable bonds is 4. The Labute approximate surface area is 119 Å². The Morgan fingerprint density at radius 3 is 2.50 bits per heavy atom. The third-order valence-electron chi connectivity index (χ3n) is 3.24. The van der Waals surface area contributed by atoms with Crippen LogP contribution in [0.25, 0.3) is 11.3 Å². The molecule has 1 aromatic carbocycles. The van der Waals surface area contributed by atoms with E-state index in [2.05, 4.69) is 43.2 Å². The molecule has 0 fully saturated rings. The molecule has 0 aliphatic rings. The van der Waals surface area contributed by atoms with Crippen LogP contribution in [0.2, 0.25) is 0 Å². The van der Waals surface area contributed by atoms with E-state index >= 15 is 0 Å². The molecule has 0 unspecified atom stereocenters. The fourth-order valence-corrected chi connectivity index (χ4v) is 2.08. The normalized spacial score (nSPS) is 10.8. The van der Waals surface area contributed by atoms with Crippen molar-refractivity contribution in [3.8, 4) is 11.3 Å². The standard InChI is InChI=1S/C16H20N2O2/c1-5-20-16(19)14-10-15(18(4)17-14)13-8-6-12(7-9-13)11(2)3/h6-11H,5H2,1-4H3. The highest BCUT2D eigenvalue weighted by atomic mass is 16.5. The van der Waals surface area contributed by atoms with Crippen molar-refractivity contribution in [1.82, 2.24) is 9.78 Å². The summed E-state index contributed by atoms with van der Waals surface area (Å²) in [5, 5.41) is 4.21. The van der Waals surface area contributed by atoms with Crippen molar-refractivity contribution in [2.24, 2.45) is 7.05 Å². The molecular formula is C16H20N2O2. The van der Waals surface area contributed by atoms with Crippen molar-refractivity contribution in [1.29, 1.82) is 0 Å². The SMILES string of the molecule is CCOC(=O)c1cc(-c2ccc(C(C)C)cc2)n(C)n1. The second kappa shape index (κ2) is 5.90. The Morgan fingerprint density at radius 1 is 1.30 bits per heavy atom. The summed E-state index contributed by atoms with van der Waals surface area (Å²) in [6.45, 7) is 6.47. The molecule has 2 aromatic rings. The van der Waals surface area contributed by atoms with Gasteiger partial charge >= 0.3 is 5.97 Å². The van der Waals surface area contributed by atoms with Crippen LogP contribution >= 0.6 is 0 Å². The zero-order valence-corrected chi connectivity index (χ0v) is 12.4. The number of ether oxygens (including phenoxy) is 1. The molecule has 0 bridgehead atoms. The van der Waals surface area contributed by atoms with E-state index < -0.39 is 0 Å². The zero-order chi connectivity index (χ0) is 14.7. The van der Waals surface area contributed by atoms with E-state index in [0.29, 0.717) is 18.2 Å². The Morgan fingerprint density at radius 2 is 1.95 bits per heavy atom. The fourth-order valence-electron chi connectivity index (χ4n) is 2.08. The van der Waals surface area contributed by atoms with Crippen LogP contribution in [0.4, 0.5) is 0 Å². The second-order valence-corrected chi connectivity index (χ2v) is 5.04. The molecule has 0 amide bonds. The molecule has 0 aliphatic heterocycles. The van der Waals surface area contributed by atoms with Gasteiger partial charge in [0.05, 0.1) is 12.3 Å². The molecular weight excluding hydrogens is 252 g/mol. The van der Waals surface area contributed by atoms with Gasteiger partial charge in [0.25, 0.3) is 0 Å². The minimum Gasteiger partial charge on any atom is -0.461 e. The molecule has 1 heterocycles. The lowest BCUT2D eigenvalue weighted by molar-refractivity contribution is 0.0518. The maximum absolute atomic E-state index is 11.7. The number of nitrogens with zero attached hydrogens (tertiary/aromatic N) is 2. The predicted molar refractivity (Wildman–Crippen MR) is 78.7 cm³/mol. The third-order valence-corrected chi connectivity index (χ3v) is 3.24. The maximum atomic E-state index is 11.7. The van der Waals surface area contributed by atoms with E-state index in [1.54, 1.807) is 17.7 Å². The van der Waals surface area contributed by atoms with Gasteiger partial charge in [-0.25, -0.2) is 4.79 Å². The van der Waals surface area contributed by atoms with Crippen molar-refractivity contribution in [2.45, 2.75) is 26.7 Å². The molecule has 2 rings (SSSR count). The molecule has 0 spiro atoms. The number of aromatic nitrogens is 2. The van der Waals surface area contributed by atoms with Crippen molar-refractivity contribution in [3.05, 3.63) is 41.6 Å². The Balaban J connectivity index is 2.31. The zero-order valence-electron chi connectivity index (χ0n) is 12.4. The minimum atomic E-state index is -0.381. The van der Waals surface area contributed by atoms with E-state index in [4.69, 9.17) is 4.74 Å². The molecule has 106 valence electrons. The lowest BCUT2D eigenvalue weighted by Gasteiger charge is -2.06. The van der Waals surface area contributed by atoms with Crippen LogP contribution in [0.5, 0.6) is 0 Å². The average molecular weight is 272 g/mol. The molecule has 4 nitrogen and oxygen atoms in total. The van der Waals surface area contributed by atoms with E-state index in [-0.39, 0.29) is 5.97 Å². The quantitative estimate of drug-likeness (QED) is 0.801. The van der Waals surface area contributed by atoms with E-state index in [9.17, 15) is 4.79 Å². The molecule has 0 radical (unpaired) electrons. The summed E-state index contributed by atoms with van der Waals surface area (Å²) in [6, 6.07) is 10.1. The highest BCUT2D eigenvalue weighted by Crippen LogP contribution is 2.23. The second-order valence-electron chi connectivity index (χ2n) is 5.04. The molecule has 0 saturated carbocycles. The number of carbonyl (C=O) groups is 1. The molecule has 0 atom stereocenters. The lowest BCUT2D eigenvalue weighted by Crippen LogP contribution is -2.05. The molecule has 1 aromatic heterocycles. The van der Waals surface area contributed by atoms with E-state index in [1.807, 2.05) is 7.05 Å². The van der Waals surface area contributed by atoms with Gasteiger partial charge in [-0.3, -0.25) is 4.68 Å². The number of carbonyl (C=O) groups excluding carboxylic acids is 1. The summed E-state index contributed by atoms with van der Waals surface area (Å²) >= 11 is 0. The van der Waals surface area contributed by atoms with Crippen LogP contribution in [-0.4, -0.2) is 22.4 Å². The van der Waals surface area contributed by atoms with Crippen molar-refractivity contribution in [3.63, 3.8) is 0 Å². The van der Waals surface area contributed by atoms with Crippen LogP contribution < -0.4 is 0 Å². The molecule has 4 heteroatoms. The van der Waals surface area contributed by atoms with Gasteiger partial charge < -0.3 is 4.74 Å². The largest absolute Gasteiger partial charge is 0.461 e. The van der Waals surface area contributed by atoms with Gasteiger partial charge in [0, 0.05) is 7.05 Å². The summed E-state index contributed by atoms with van der Waals surface area (Å²) in [6.07, 6.45) is 0. The highest BCUT2D eigenvalue weighted by Gasteiger charge is 2.14. The average Bonchev–Trinajstić information content (AvgIpc) is 2.81. The van der Waals surface area contributed by atoms with Gasteiger partial charge in [-0.1, -0.05) is 38.1 Å². The molecule has 0 saturated heterocycles. The first-order chi connectivity index (χ1) is 9.52. The molecule has 0 aliphatic carbocycles. The first-order valence-corrected chi connectivity index (χ1v) is 6.84. The lowest BCUT2D eigenvalue weighted by atomic mass is 10.0. The van der Waals surface area contributed by atoms with Gasteiger partial charge in [-0.05, 0) is 30.0 Å². The Kier molecular flexibility index (Phi) is 4.23. The fraction of sp³-hybridized carbons (Fsp3) is 0.375. The van der Waals surface area contributed by atoms with Gasteiger partial charge in [-0.15, -0.1) is 0 Å². The number of benzene rings is 1. The number of esters is 1. The van der Waals surface area contributed by atoms with Crippen LogP contribution in [-0.2, 0) is 11.8 Å². The summed E-state index contributed by atoms with van der Waals surface area (Å²) < 4.78 is 6.67. The van der Waals surface area contributed by atoms with Crippen LogP contribution in [0.1, 0.15) is 42.7 Å². The Bertz CT molecular complexity index is 597. The molecule has 0 N–H and O–H groups in total. The Hall–Kier alpha value is -2.10. The van der Waals surface area contributed by atoms with Crippen LogP contribution in [0, 0.1) is 0 Å². The van der Waals surface area contributed by atoms with Crippen molar-refractivity contribution in [2.75, 3.05) is 6.61 Å². The number of hydrogen-bond acceptors (Lipinski definition) is 3. The van der Waals surface area contributed by atoms with Crippen LogP contribution in [0.3, 0.4) is 0 Å². The van der Waals surface area contributed by atoms with Crippen molar-refractivity contribution >= 4 is 5.97 Å². The first-order valence-electron chi connectivity index (χ1n) is 6.84. The first kappa shape index (κ1) is 14.3. The van der Waals surface area contributed by atoms with E-state index in [0.717, 1.165) is 11.3 Å². The smallest absolute Gasteiger partial charge is 0.358 e. The maximum Gasteiger partial charge on any atom is 0.358 e.